The van der Waals surface area contributed by atoms with Crippen LogP contribution in [0.1, 0.15) is 25.0 Å². The van der Waals surface area contributed by atoms with Gasteiger partial charge in [-0.2, -0.15) is 0 Å². The molecule has 1 atom stereocenters. The summed E-state index contributed by atoms with van der Waals surface area (Å²) >= 11 is 0. The molecule has 2 heteroatoms. The first kappa shape index (κ1) is 12.9. The first-order chi connectivity index (χ1) is 7.76. The Morgan fingerprint density at radius 1 is 1.25 bits per heavy atom. The average Bonchev–Trinajstić information content (AvgIpc) is 2.30. The molecule has 0 amide bonds. The van der Waals surface area contributed by atoms with Crippen molar-refractivity contribution in [2.45, 2.75) is 26.6 Å². The minimum absolute atomic E-state index is 0.113. The van der Waals surface area contributed by atoms with Gasteiger partial charge in [0.1, 0.15) is 0 Å². The average molecular weight is 220 g/mol. The Bertz CT molecular complexity index is 303. The molecule has 88 valence electrons. The van der Waals surface area contributed by atoms with E-state index in [9.17, 15) is 0 Å². The number of rotatable bonds is 7. The zero-order valence-electron chi connectivity index (χ0n) is 10.1. The molecule has 1 aromatic carbocycles. The highest BCUT2D eigenvalue weighted by Gasteiger charge is 2.00. The van der Waals surface area contributed by atoms with Crippen LogP contribution in [0, 0.1) is 0 Å². The smallest absolute Gasteiger partial charge is 0.154 e. The van der Waals surface area contributed by atoms with Crippen LogP contribution in [0.3, 0.4) is 0 Å². The minimum Gasteiger partial charge on any atom is -0.353 e. The Balaban J connectivity index is 2.28. The fraction of sp³-hybridized carbons (Fsp3) is 0.429. The van der Waals surface area contributed by atoms with Crippen LogP contribution in [0.2, 0.25) is 0 Å². The molecule has 0 spiro atoms. The third-order valence-electron chi connectivity index (χ3n) is 2.36. The fourth-order valence-electron chi connectivity index (χ4n) is 1.45. The summed E-state index contributed by atoms with van der Waals surface area (Å²) in [6.45, 7) is 8.99. The number of benzene rings is 1. The highest BCUT2D eigenvalue weighted by molar-refractivity contribution is 5.47. The molecule has 0 heterocycles. The van der Waals surface area contributed by atoms with Crippen molar-refractivity contribution in [3.8, 4) is 0 Å². The van der Waals surface area contributed by atoms with Crippen LogP contribution in [0.5, 0.6) is 0 Å². The molecule has 0 aliphatic rings. The molecular formula is C14H20O2. The molecule has 0 aliphatic carbocycles. The third-order valence-corrected chi connectivity index (χ3v) is 2.36. The highest BCUT2D eigenvalue weighted by atomic mass is 16.7. The van der Waals surface area contributed by atoms with Crippen molar-refractivity contribution in [2.24, 2.45) is 0 Å². The van der Waals surface area contributed by atoms with E-state index in [1.807, 2.05) is 19.9 Å². The molecule has 0 bridgehead atoms. The second kappa shape index (κ2) is 7.20. The van der Waals surface area contributed by atoms with Gasteiger partial charge in [-0.15, -0.1) is 0 Å². The maximum Gasteiger partial charge on any atom is 0.154 e. The molecule has 0 aliphatic heterocycles. The SMILES string of the molecule is C=Cc1ccc(CCOC(C)OCC)cc1. The van der Waals surface area contributed by atoms with Crippen molar-refractivity contribution in [3.63, 3.8) is 0 Å². The van der Waals surface area contributed by atoms with E-state index < -0.39 is 0 Å². The van der Waals surface area contributed by atoms with Crippen LogP contribution in [-0.4, -0.2) is 19.5 Å². The van der Waals surface area contributed by atoms with Gasteiger partial charge in [0.05, 0.1) is 6.61 Å². The van der Waals surface area contributed by atoms with Crippen LogP contribution in [0.15, 0.2) is 30.8 Å². The lowest BCUT2D eigenvalue weighted by Crippen LogP contribution is -2.14. The van der Waals surface area contributed by atoms with Crippen LogP contribution in [0.25, 0.3) is 6.08 Å². The molecule has 16 heavy (non-hydrogen) atoms. The Kier molecular flexibility index (Phi) is 5.83. The summed E-state index contributed by atoms with van der Waals surface area (Å²) in [5.74, 6) is 0. The largest absolute Gasteiger partial charge is 0.353 e. The van der Waals surface area contributed by atoms with E-state index in [2.05, 4.69) is 30.8 Å². The summed E-state index contributed by atoms with van der Waals surface area (Å²) in [7, 11) is 0. The topological polar surface area (TPSA) is 18.5 Å². The zero-order chi connectivity index (χ0) is 11.8. The normalized spacial score (nSPS) is 12.4. The van der Waals surface area contributed by atoms with Gasteiger partial charge in [0.2, 0.25) is 0 Å². The van der Waals surface area contributed by atoms with Gasteiger partial charge < -0.3 is 9.47 Å². The van der Waals surface area contributed by atoms with Gasteiger partial charge in [-0.1, -0.05) is 36.9 Å². The van der Waals surface area contributed by atoms with Crippen molar-refractivity contribution < 1.29 is 9.47 Å². The van der Waals surface area contributed by atoms with Gasteiger partial charge in [0, 0.05) is 6.61 Å². The number of hydrogen-bond donors (Lipinski definition) is 0. The predicted molar refractivity (Wildman–Crippen MR) is 67.3 cm³/mol. The van der Waals surface area contributed by atoms with Gasteiger partial charge in [-0.25, -0.2) is 0 Å². The van der Waals surface area contributed by atoms with E-state index in [0.29, 0.717) is 13.2 Å². The van der Waals surface area contributed by atoms with Gasteiger partial charge in [0.25, 0.3) is 0 Å². The van der Waals surface area contributed by atoms with E-state index in [1.54, 1.807) is 0 Å². The Labute approximate surface area is 97.9 Å². The maximum atomic E-state index is 5.50. The van der Waals surface area contributed by atoms with Crippen LogP contribution < -0.4 is 0 Å². The summed E-state index contributed by atoms with van der Waals surface area (Å²) in [4.78, 5) is 0. The van der Waals surface area contributed by atoms with Crippen molar-refractivity contribution >= 4 is 6.08 Å². The Morgan fingerprint density at radius 2 is 1.94 bits per heavy atom. The van der Waals surface area contributed by atoms with Crippen molar-refractivity contribution in [1.82, 2.24) is 0 Å². The van der Waals surface area contributed by atoms with E-state index in [1.165, 1.54) is 5.56 Å². The first-order valence-corrected chi connectivity index (χ1v) is 5.71. The van der Waals surface area contributed by atoms with Gasteiger partial charge in [-0.05, 0) is 31.4 Å². The first-order valence-electron chi connectivity index (χ1n) is 5.71. The van der Waals surface area contributed by atoms with Crippen LogP contribution >= 0.6 is 0 Å². The highest BCUT2D eigenvalue weighted by Crippen LogP contribution is 2.06. The standard InChI is InChI=1S/C14H20O2/c1-4-13-6-8-14(9-7-13)10-11-16-12(3)15-5-2/h4,6-9,12H,1,5,10-11H2,2-3H3. The zero-order valence-corrected chi connectivity index (χ0v) is 10.1. The summed E-state index contributed by atoms with van der Waals surface area (Å²) in [5.41, 5.74) is 2.42. The van der Waals surface area contributed by atoms with Gasteiger partial charge >= 0.3 is 0 Å². The molecule has 2 nitrogen and oxygen atoms in total. The number of hydrogen-bond acceptors (Lipinski definition) is 2. The Morgan fingerprint density at radius 3 is 2.50 bits per heavy atom. The summed E-state index contributed by atoms with van der Waals surface area (Å²) in [6.07, 6.45) is 2.64. The van der Waals surface area contributed by atoms with Gasteiger partial charge in [0.15, 0.2) is 6.29 Å². The van der Waals surface area contributed by atoms with E-state index >= 15 is 0 Å². The van der Waals surface area contributed by atoms with Crippen molar-refractivity contribution in [2.75, 3.05) is 13.2 Å². The maximum absolute atomic E-state index is 5.50. The molecule has 0 saturated heterocycles. The fourth-order valence-corrected chi connectivity index (χ4v) is 1.45. The lowest BCUT2D eigenvalue weighted by atomic mass is 10.1. The van der Waals surface area contributed by atoms with Gasteiger partial charge in [-0.3, -0.25) is 0 Å². The van der Waals surface area contributed by atoms with Crippen LogP contribution in [0.4, 0.5) is 0 Å². The molecule has 1 rings (SSSR count). The molecular weight excluding hydrogens is 200 g/mol. The molecule has 1 aromatic rings. The monoisotopic (exact) mass is 220 g/mol. The molecule has 0 N–H and O–H groups in total. The minimum atomic E-state index is -0.113. The van der Waals surface area contributed by atoms with Crippen molar-refractivity contribution in [1.29, 1.82) is 0 Å². The van der Waals surface area contributed by atoms with E-state index in [-0.39, 0.29) is 6.29 Å². The van der Waals surface area contributed by atoms with E-state index in [0.717, 1.165) is 12.0 Å². The second-order valence-corrected chi connectivity index (χ2v) is 3.59. The third kappa shape index (κ3) is 4.60. The quantitative estimate of drug-likeness (QED) is 0.657. The van der Waals surface area contributed by atoms with Crippen molar-refractivity contribution in [3.05, 3.63) is 42.0 Å². The summed E-state index contributed by atoms with van der Waals surface area (Å²) in [6, 6.07) is 8.33. The lowest BCUT2D eigenvalue weighted by Gasteiger charge is -2.12. The molecule has 0 fully saturated rings. The molecule has 0 aromatic heterocycles. The molecule has 0 saturated carbocycles. The Hall–Kier alpha value is -1.12. The summed E-state index contributed by atoms with van der Waals surface area (Å²) in [5, 5.41) is 0. The van der Waals surface area contributed by atoms with Crippen LogP contribution in [-0.2, 0) is 15.9 Å². The molecule has 1 unspecified atom stereocenters. The number of ether oxygens (including phenoxy) is 2. The summed E-state index contributed by atoms with van der Waals surface area (Å²) < 4.78 is 10.8. The predicted octanol–water partition coefficient (Wildman–Crippen LogP) is 3.27. The lowest BCUT2D eigenvalue weighted by molar-refractivity contribution is -0.126. The van der Waals surface area contributed by atoms with E-state index in [4.69, 9.17) is 9.47 Å². The second-order valence-electron chi connectivity index (χ2n) is 3.59. The molecule has 0 radical (unpaired) electrons.